The van der Waals surface area contributed by atoms with Crippen LogP contribution < -0.4 is 4.65 Å². The SMILES string of the molecule is CN1C=C(c2ccc3c(c2)[N+]([O-])(c2ccc(C(=O)N(C)C)nn2)CC3(C)C)C=NC1. The second-order valence-corrected chi connectivity index (χ2v) is 8.78. The van der Waals surface area contributed by atoms with Crippen molar-refractivity contribution in [3.05, 3.63) is 58.6 Å². The lowest BCUT2D eigenvalue weighted by molar-refractivity contribution is 0.0820. The average Bonchev–Trinajstić information content (AvgIpc) is 2.93. The molecule has 1 amide bonds. The summed E-state index contributed by atoms with van der Waals surface area (Å²) in [5.41, 5.74) is 3.45. The molecule has 0 bridgehead atoms. The molecule has 0 N–H and O–H groups in total. The molecular formula is C22H26N6O2. The van der Waals surface area contributed by atoms with Crippen LogP contribution in [0.25, 0.3) is 5.57 Å². The molecule has 2 aromatic rings. The Morgan fingerprint density at radius 2 is 1.97 bits per heavy atom. The first kappa shape index (κ1) is 20.2. The van der Waals surface area contributed by atoms with E-state index in [0.29, 0.717) is 18.9 Å². The Kier molecular flexibility index (Phi) is 4.71. The molecule has 8 heteroatoms. The monoisotopic (exact) mass is 406 g/mol. The second kappa shape index (κ2) is 7.00. The van der Waals surface area contributed by atoms with E-state index < -0.39 is 4.65 Å². The summed E-state index contributed by atoms with van der Waals surface area (Å²) in [7, 11) is 5.27. The van der Waals surface area contributed by atoms with Gasteiger partial charge in [-0.2, -0.15) is 0 Å². The van der Waals surface area contributed by atoms with Crippen LogP contribution in [0.5, 0.6) is 0 Å². The maximum Gasteiger partial charge on any atom is 0.273 e. The second-order valence-electron chi connectivity index (χ2n) is 8.78. The minimum atomic E-state index is -0.708. The topological polar surface area (TPSA) is 84.8 Å². The maximum absolute atomic E-state index is 14.1. The van der Waals surface area contributed by atoms with Gasteiger partial charge in [-0.05, 0) is 11.6 Å². The minimum absolute atomic E-state index is 0.217. The van der Waals surface area contributed by atoms with Crippen LogP contribution in [-0.2, 0) is 5.41 Å². The molecule has 1 aromatic carbocycles. The minimum Gasteiger partial charge on any atom is -0.621 e. The van der Waals surface area contributed by atoms with Crippen LogP contribution in [0.4, 0.5) is 11.5 Å². The first-order valence-corrected chi connectivity index (χ1v) is 9.84. The van der Waals surface area contributed by atoms with Gasteiger partial charge in [0.1, 0.15) is 12.4 Å². The van der Waals surface area contributed by atoms with Gasteiger partial charge in [-0.3, -0.25) is 14.4 Å². The molecule has 0 fully saturated rings. The number of fused-ring (bicyclic) bond motifs is 1. The number of amides is 1. The predicted octanol–water partition coefficient (Wildman–Crippen LogP) is 2.92. The number of benzene rings is 1. The standard InChI is InChI=1S/C22H26N6O2/c1-22(2)13-28(30,20-9-8-18(24-25-20)21(29)26(3)4)19-10-15(6-7-17(19)22)16-11-23-14-27(5)12-16/h6-12H,13-14H2,1-5H3. The van der Waals surface area contributed by atoms with Crippen LogP contribution in [0, 0.1) is 5.21 Å². The molecule has 1 aromatic heterocycles. The van der Waals surface area contributed by atoms with Crippen molar-refractivity contribution in [3.63, 3.8) is 0 Å². The molecule has 4 rings (SSSR count). The lowest BCUT2D eigenvalue weighted by atomic mass is 9.86. The average molecular weight is 406 g/mol. The van der Waals surface area contributed by atoms with Crippen molar-refractivity contribution in [1.82, 2.24) is 24.6 Å². The van der Waals surface area contributed by atoms with Crippen molar-refractivity contribution >= 4 is 29.2 Å². The molecule has 2 aliphatic heterocycles. The number of nitrogens with zero attached hydrogens (tertiary/aromatic N) is 6. The van der Waals surface area contributed by atoms with Crippen LogP contribution in [-0.4, -0.2) is 66.5 Å². The Bertz CT molecular complexity index is 1060. The predicted molar refractivity (Wildman–Crippen MR) is 118 cm³/mol. The van der Waals surface area contributed by atoms with Gasteiger partial charge in [-0.1, -0.05) is 31.1 Å². The lowest BCUT2D eigenvalue weighted by Gasteiger charge is -2.37. The fraction of sp³-hybridized carbons (Fsp3) is 0.364. The van der Waals surface area contributed by atoms with E-state index in [2.05, 4.69) is 29.0 Å². The number of hydroxylamine groups is 1. The smallest absolute Gasteiger partial charge is 0.273 e. The fourth-order valence-corrected chi connectivity index (χ4v) is 4.10. The number of aromatic nitrogens is 2. The first-order valence-electron chi connectivity index (χ1n) is 9.84. The molecule has 1 unspecified atom stereocenters. The van der Waals surface area contributed by atoms with Crippen LogP contribution in [0.3, 0.4) is 0 Å². The van der Waals surface area contributed by atoms with Gasteiger partial charge in [0.15, 0.2) is 5.69 Å². The first-order chi connectivity index (χ1) is 14.1. The summed E-state index contributed by atoms with van der Waals surface area (Å²) in [6.07, 6.45) is 3.86. The molecular weight excluding hydrogens is 380 g/mol. The van der Waals surface area contributed by atoms with Crippen LogP contribution in [0.1, 0.15) is 35.5 Å². The number of aliphatic imine (C=N–C) groups is 1. The number of hydrogen-bond donors (Lipinski definition) is 0. The van der Waals surface area contributed by atoms with Gasteiger partial charge in [0.2, 0.25) is 0 Å². The molecule has 0 radical (unpaired) electrons. The molecule has 8 nitrogen and oxygen atoms in total. The van der Waals surface area contributed by atoms with Crippen LogP contribution >= 0.6 is 0 Å². The Morgan fingerprint density at radius 1 is 1.20 bits per heavy atom. The molecule has 0 saturated heterocycles. The molecule has 3 heterocycles. The van der Waals surface area contributed by atoms with E-state index in [1.54, 1.807) is 26.2 Å². The Labute approximate surface area is 176 Å². The molecule has 1 atom stereocenters. The van der Waals surface area contributed by atoms with Crippen molar-refractivity contribution in [1.29, 1.82) is 0 Å². The van der Waals surface area contributed by atoms with Crippen molar-refractivity contribution < 1.29 is 4.79 Å². The molecule has 0 spiro atoms. The van der Waals surface area contributed by atoms with E-state index in [1.165, 1.54) is 4.90 Å². The summed E-state index contributed by atoms with van der Waals surface area (Å²) in [5.74, 6) is 0.0290. The highest BCUT2D eigenvalue weighted by atomic mass is 16.5. The zero-order chi connectivity index (χ0) is 21.7. The number of carbonyl (C=O) groups is 1. The summed E-state index contributed by atoms with van der Waals surface area (Å²) < 4.78 is -0.708. The molecule has 0 saturated carbocycles. The number of carbonyl (C=O) groups excluding carboxylic acids is 1. The van der Waals surface area contributed by atoms with Gasteiger partial charge in [-0.25, -0.2) is 0 Å². The number of quaternary nitrogens is 1. The summed E-state index contributed by atoms with van der Waals surface area (Å²) in [6, 6.07) is 9.20. The van der Waals surface area contributed by atoms with E-state index in [-0.39, 0.29) is 22.8 Å². The van der Waals surface area contributed by atoms with Gasteiger partial charge in [0.25, 0.3) is 11.7 Å². The zero-order valence-corrected chi connectivity index (χ0v) is 18.0. The molecule has 30 heavy (non-hydrogen) atoms. The summed E-state index contributed by atoms with van der Waals surface area (Å²) in [4.78, 5) is 19.9. The third-order valence-corrected chi connectivity index (χ3v) is 5.61. The van der Waals surface area contributed by atoms with E-state index in [4.69, 9.17) is 0 Å². The van der Waals surface area contributed by atoms with E-state index in [0.717, 1.165) is 16.7 Å². The third kappa shape index (κ3) is 3.28. The highest BCUT2D eigenvalue weighted by Crippen LogP contribution is 2.49. The molecule has 0 aliphatic carbocycles. The van der Waals surface area contributed by atoms with Crippen molar-refractivity contribution in [2.24, 2.45) is 4.99 Å². The van der Waals surface area contributed by atoms with Gasteiger partial charge >= 0.3 is 0 Å². The lowest BCUT2D eigenvalue weighted by Crippen LogP contribution is -2.40. The molecule has 156 valence electrons. The summed E-state index contributed by atoms with van der Waals surface area (Å²) in [5, 5.41) is 22.3. The van der Waals surface area contributed by atoms with E-state index >= 15 is 0 Å². The van der Waals surface area contributed by atoms with E-state index in [9.17, 15) is 10.0 Å². The quantitative estimate of drug-likeness (QED) is 0.578. The van der Waals surface area contributed by atoms with Crippen molar-refractivity contribution in [3.8, 4) is 0 Å². The summed E-state index contributed by atoms with van der Waals surface area (Å²) in [6.45, 7) is 5.07. The van der Waals surface area contributed by atoms with Gasteiger partial charge < -0.3 is 15.0 Å². The maximum atomic E-state index is 14.1. The Morgan fingerprint density at radius 3 is 2.60 bits per heavy atom. The van der Waals surface area contributed by atoms with Crippen LogP contribution in [0.2, 0.25) is 0 Å². The number of hydrogen-bond acceptors (Lipinski definition) is 6. The Hall–Kier alpha value is -3.10. The number of allylic oxidation sites excluding steroid dienone is 1. The normalized spacial score (nSPS) is 21.9. The highest BCUT2D eigenvalue weighted by Gasteiger charge is 2.46. The van der Waals surface area contributed by atoms with Crippen molar-refractivity contribution in [2.75, 3.05) is 34.4 Å². The van der Waals surface area contributed by atoms with Crippen LogP contribution in [0.15, 0.2) is 41.5 Å². The zero-order valence-electron chi connectivity index (χ0n) is 18.0. The van der Waals surface area contributed by atoms with Gasteiger partial charge in [0.05, 0.1) is 6.54 Å². The van der Waals surface area contributed by atoms with Gasteiger partial charge in [-0.15, -0.1) is 5.10 Å². The van der Waals surface area contributed by atoms with E-state index in [1.807, 2.05) is 42.6 Å². The largest absolute Gasteiger partial charge is 0.621 e. The Balaban J connectivity index is 1.78. The molecule has 2 aliphatic rings. The highest BCUT2D eigenvalue weighted by molar-refractivity contribution is 6.10. The van der Waals surface area contributed by atoms with Crippen molar-refractivity contribution in [2.45, 2.75) is 19.3 Å². The third-order valence-electron chi connectivity index (χ3n) is 5.61. The number of rotatable bonds is 3. The fourth-order valence-electron chi connectivity index (χ4n) is 4.10. The summed E-state index contributed by atoms with van der Waals surface area (Å²) >= 11 is 0. The van der Waals surface area contributed by atoms with Gasteiger partial charge in [0, 0.05) is 62.2 Å².